The second-order valence-electron chi connectivity index (χ2n) is 8.75. The summed E-state index contributed by atoms with van der Waals surface area (Å²) in [7, 11) is 0. The number of aliphatic hydroxyl groups excluding tert-OH is 2. The van der Waals surface area contributed by atoms with Crippen molar-refractivity contribution < 1.29 is 48.3 Å². The Hall–Kier alpha value is -3.24. The van der Waals surface area contributed by atoms with E-state index in [9.17, 15) is 29.4 Å². The quantitative estimate of drug-likeness (QED) is 0.263. The number of hydrogen-bond donors (Lipinski definition) is 2. The first-order chi connectivity index (χ1) is 17.3. The molecule has 37 heavy (non-hydrogen) atoms. The highest BCUT2D eigenvalue weighted by Gasteiger charge is 2.57. The highest BCUT2D eigenvalue weighted by Crippen LogP contribution is 2.32. The van der Waals surface area contributed by atoms with Crippen molar-refractivity contribution in [3.63, 3.8) is 0 Å². The molecular weight excluding hydrogens is 484 g/mol. The number of rotatable bonds is 9. The lowest BCUT2D eigenvalue weighted by Crippen LogP contribution is -2.67. The second-order valence-corrected chi connectivity index (χ2v) is 8.75. The van der Waals surface area contributed by atoms with Crippen molar-refractivity contribution in [2.45, 2.75) is 98.4 Å². The monoisotopic (exact) mass is 522 g/mol. The van der Waals surface area contributed by atoms with Gasteiger partial charge in [-0.2, -0.15) is 0 Å². The third-order valence-corrected chi connectivity index (χ3v) is 6.16. The van der Waals surface area contributed by atoms with Crippen molar-refractivity contribution in [1.29, 1.82) is 0 Å². The highest BCUT2D eigenvalue weighted by atomic mass is 16.6. The van der Waals surface area contributed by atoms with Gasteiger partial charge in [-0.15, -0.1) is 0 Å². The third-order valence-electron chi connectivity index (χ3n) is 6.16. The Balaban J connectivity index is 3.62. The summed E-state index contributed by atoms with van der Waals surface area (Å²) in [6, 6.07) is 0. The van der Waals surface area contributed by atoms with E-state index >= 15 is 0 Å². The molecule has 1 aliphatic rings. The summed E-state index contributed by atoms with van der Waals surface area (Å²) >= 11 is 0. The van der Waals surface area contributed by atoms with E-state index in [0.717, 1.165) is 0 Å². The summed E-state index contributed by atoms with van der Waals surface area (Å²) in [6.07, 6.45) is -4.11. The van der Waals surface area contributed by atoms with Gasteiger partial charge in [-0.05, 0) is 54.9 Å². The van der Waals surface area contributed by atoms with Crippen molar-refractivity contribution in [1.82, 2.24) is 0 Å². The van der Waals surface area contributed by atoms with Gasteiger partial charge in [0.15, 0.2) is 24.4 Å². The zero-order valence-corrected chi connectivity index (χ0v) is 22.6. The molecule has 1 fully saturated rings. The van der Waals surface area contributed by atoms with Crippen molar-refractivity contribution in [3.05, 3.63) is 46.6 Å². The van der Waals surface area contributed by atoms with Crippen LogP contribution in [-0.2, 0) is 38.1 Å². The lowest BCUT2D eigenvalue weighted by molar-refractivity contribution is -0.249. The minimum atomic E-state index is -1.83. The Morgan fingerprint density at radius 1 is 0.622 bits per heavy atom. The Kier molecular flexibility index (Phi) is 12.4. The standard InChI is InChI=1S/C27H38O10/c1-9-14(5)13-18(28)34-21-19(29)22(35-25(31)15(6)10-2)24(37-27(33)17(8)12-4)23(20(21)30)36-26(32)16(7)11-3/h10-13,19-24,29-30H,9H2,1-8H3/b14-13+,15-10-,16-11-,17-12-/t19-,20-,21?,22+,23+,24?/m0/s1. The van der Waals surface area contributed by atoms with E-state index in [2.05, 4.69) is 0 Å². The van der Waals surface area contributed by atoms with Gasteiger partial charge in [-0.1, -0.05) is 30.7 Å². The van der Waals surface area contributed by atoms with Crippen LogP contribution in [0.1, 0.15) is 61.8 Å². The predicted octanol–water partition coefficient (Wildman–Crippen LogP) is 2.62. The first-order valence-corrected chi connectivity index (χ1v) is 12.1. The van der Waals surface area contributed by atoms with Crippen molar-refractivity contribution in [2.75, 3.05) is 0 Å². The second kappa shape index (κ2) is 14.5. The number of hydrogen-bond acceptors (Lipinski definition) is 10. The molecule has 0 unspecified atom stereocenters. The number of carbonyl (C=O) groups is 4. The molecular formula is C27H38O10. The van der Waals surface area contributed by atoms with Gasteiger partial charge in [0.05, 0.1) is 0 Å². The summed E-state index contributed by atoms with van der Waals surface area (Å²) in [5, 5.41) is 22.2. The zero-order chi connectivity index (χ0) is 28.4. The molecule has 0 aliphatic heterocycles. The molecule has 206 valence electrons. The minimum Gasteiger partial charge on any atom is -0.453 e. The van der Waals surface area contributed by atoms with E-state index in [-0.39, 0.29) is 16.7 Å². The van der Waals surface area contributed by atoms with Crippen LogP contribution in [0.4, 0.5) is 0 Å². The molecule has 1 aliphatic carbocycles. The molecule has 0 bridgehead atoms. The molecule has 1 saturated carbocycles. The van der Waals surface area contributed by atoms with E-state index in [1.165, 1.54) is 45.1 Å². The molecule has 10 heteroatoms. The van der Waals surface area contributed by atoms with Crippen molar-refractivity contribution in [3.8, 4) is 0 Å². The summed E-state index contributed by atoms with van der Waals surface area (Å²) in [5.41, 5.74) is 1.22. The number of esters is 4. The van der Waals surface area contributed by atoms with Gasteiger partial charge in [0.1, 0.15) is 12.2 Å². The van der Waals surface area contributed by atoms with Gasteiger partial charge in [-0.3, -0.25) is 0 Å². The molecule has 0 aromatic rings. The van der Waals surface area contributed by atoms with Crippen LogP contribution in [0.15, 0.2) is 46.6 Å². The number of carbonyl (C=O) groups excluding carboxylic acids is 4. The molecule has 0 aromatic heterocycles. The van der Waals surface area contributed by atoms with E-state index in [1.54, 1.807) is 27.7 Å². The van der Waals surface area contributed by atoms with Crippen LogP contribution in [-0.4, -0.2) is 70.7 Å². The van der Waals surface area contributed by atoms with E-state index in [1.807, 2.05) is 6.92 Å². The Labute approximate surface area is 217 Å². The average molecular weight is 523 g/mol. The van der Waals surface area contributed by atoms with E-state index < -0.39 is 60.5 Å². The van der Waals surface area contributed by atoms with Crippen LogP contribution in [0.3, 0.4) is 0 Å². The SMILES string of the molecule is C/C=C(/C)C(=O)OC1[C@H](OC(=O)/C(C)=C\C)[C@@H](O)C(OC(=O)/C=C(\C)CC)[C@H](O)[C@H]1OC(=O)/C(C)=C\C. The zero-order valence-electron chi connectivity index (χ0n) is 22.6. The third kappa shape index (κ3) is 8.40. The predicted molar refractivity (Wildman–Crippen MR) is 134 cm³/mol. The van der Waals surface area contributed by atoms with Crippen LogP contribution in [0.5, 0.6) is 0 Å². The molecule has 0 radical (unpaired) electrons. The Morgan fingerprint density at radius 3 is 1.30 bits per heavy atom. The first-order valence-electron chi connectivity index (χ1n) is 12.1. The summed E-state index contributed by atoms with van der Waals surface area (Å²) < 4.78 is 21.8. The molecule has 0 heterocycles. The van der Waals surface area contributed by atoms with Crippen molar-refractivity contribution >= 4 is 23.9 Å². The molecule has 4 atom stereocenters. The normalized spacial score (nSPS) is 27.3. The highest BCUT2D eigenvalue weighted by molar-refractivity contribution is 5.89. The van der Waals surface area contributed by atoms with Gasteiger partial charge in [0.2, 0.25) is 0 Å². The van der Waals surface area contributed by atoms with Crippen molar-refractivity contribution in [2.24, 2.45) is 0 Å². The average Bonchev–Trinajstić information content (AvgIpc) is 2.88. The summed E-state index contributed by atoms with van der Waals surface area (Å²) in [4.78, 5) is 50.4. The molecule has 0 spiro atoms. The van der Waals surface area contributed by atoms with E-state index in [4.69, 9.17) is 18.9 Å². The largest absolute Gasteiger partial charge is 0.453 e. The van der Waals surface area contributed by atoms with Crippen LogP contribution in [0.25, 0.3) is 0 Å². The maximum atomic E-state index is 12.7. The number of allylic oxidation sites excluding steroid dienone is 4. The van der Waals surface area contributed by atoms with Gasteiger partial charge in [0.25, 0.3) is 0 Å². The van der Waals surface area contributed by atoms with Crippen LogP contribution in [0, 0.1) is 0 Å². The van der Waals surface area contributed by atoms with Gasteiger partial charge in [0, 0.05) is 22.8 Å². The molecule has 0 aromatic carbocycles. The van der Waals surface area contributed by atoms with Gasteiger partial charge in [-0.25, -0.2) is 19.2 Å². The molecule has 10 nitrogen and oxygen atoms in total. The summed E-state index contributed by atoms with van der Waals surface area (Å²) in [6.45, 7) is 12.7. The van der Waals surface area contributed by atoms with Gasteiger partial charge >= 0.3 is 23.9 Å². The molecule has 0 amide bonds. The van der Waals surface area contributed by atoms with Crippen LogP contribution >= 0.6 is 0 Å². The lowest BCUT2D eigenvalue weighted by Gasteiger charge is -2.45. The number of aliphatic hydroxyl groups is 2. The minimum absolute atomic E-state index is 0.182. The number of ether oxygens (including phenoxy) is 4. The smallest absolute Gasteiger partial charge is 0.333 e. The maximum Gasteiger partial charge on any atom is 0.333 e. The summed E-state index contributed by atoms with van der Waals surface area (Å²) in [5.74, 6) is -3.43. The first kappa shape index (κ1) is 31.8. The molecule has 2 N–H and O–H groups in total. The fraction of sp³-hybridized carbons (Fsp3) is 0.556. The van der Waals surface area contributed by atoms with Crippen LogP contribution < -0.4 is 0 Å². The molecule has 1 rings (SSSR count). The Morgan fingerprint density at radius 2 is 0.973 bits per heavy atom. The van der Waals surface area contributed by atoms with Gasteiger partial charge < -0.3 is 29.2 Å². The van der Waals surface area contributed by atoms with Crippen LogP contribution in [0.2, 0.25) is 0 Å². The topological polar surface area (TPSA) is 146 Å². The molecule has 0 saturated heterocycles. The fourth-order valence-corrected chi connectivity index (χ4v) is 3.17. The maximum absolute atomic E-state index is 12.7. The van der Waals surface area contributed by atoms with E-state index in [0.29, 0.717) is 12.0 Å². The lowest BCUT2D eigenvalue weighted by atomic mass is 9.84. The Bertz CT molecular complexity index is 941. The fourth-order valence-electron chi connectivity index (χ4n) is 3.17.